The summed E-state index contributed by atoms with van der Waals surface area (Å²) in [4.78, 5) is 26.6. The van der Waals surface area contributed by atoms with Crippen LogP contribution in [-0.4, -0.2) is 41.6 Å². The van der Waals surface area contributed by atoms with Crippen molar-refractivity contribution in [1.29, 1.82) is 0 Å². The molecule has 2 aromatic carbocycles. The van der Waals surface area contributed by atoms with Crippen molar-refractivity contribution in [2.75, 3.05) is 14.1 Å². The van der Waals surface area contributed by atoms with Crippen LogP contribution in [0.2, 0.25) is 0 Å². The van der Waals surface area contributed by atoms with Crippen molar-refractivity contribution >= 4 is 11.8 Å². The largest absolute Gasteiger partial charge is 0.401 e. The molecule has 0 fully saturated rings. The van der Waals surface area contributed by atoms with Crippen LogP contribution in [0.15, 0.2) is 60.7 Å². The molecule has 2 aromatic rings. The fraction of sp³-hybridized carbons (Fsp3) is 0.333. The van der Waals surface area contributed by atoms with Crippen molar-refractivity contribution in [3.63, 3.8) is 0 Å². The molecule has 2 amide bonds. The minimum Gasteiger partial charge on any atom is -0.333 e. The first kappa shape index (κ1) is 20.6. The van der Waals surface area contributed by atoms with Gasteiger partial charge in [0.2, 0.25) is 0 Å². The number of carbonyl (C=O) groups is 2. The quantitative estimate of drug-likeness (QED) is 0.716. The first-order valence-corrected chi connectivity index (χ1v) is 8.70. The third-order valence-corrected chi connectivity index (χ3v) is 4.90. The van der Waals surface area contributed by atoms with Crippen molar-refractivity contribution in [1.82, 2.24) is 9.80 Å². The van der Waals surface area contributed by atoms with E-state index in [4.69, 9.17) is 0 Å². The van der Waals surface area contributed by atoms with Gasteiger partial charge in [0.1, 0.15) is 0 Å². The molecule has 0 aromatic heterocycles. The molecular weight excluding hydrogens is 350 g/mol. The maximum Gasteiger partial charge on any atom is 0.401 e. The zero-order valence-electron chi connectivity index (χ0n) is 15.9. The molecule has 144 valence electrons. The van der Waals surface area contributed by atoms with Crippen molar-refractivity contribution in [2.24, 2.45) is 0 Å². The first-order chi connectivity index (χ1) is 12.7. The van der Waals surface area contributed by atoms with E-state index in [1.807, 2.05) is 0 Å². The Labute approximate surface area is 158 Å². The number of halogens is 2. The van der Waals surface area contributed by atoms with Crippen molar-refractivity contribution in [3.8, 4) is 0 Å². The zero-order chi connectivity index (χ0) is 20.2. The highest BCUT2D eigenvalue weighted by molar-refractivity contribution is 6.06. The Bertz CT molecular complexity index is 716. The third kappa shape index (κ3) is 4.32. The van der Waals surface area contributed by atoms with E-state index >= 15 is 0 Å². The summed E-state index contributed by atoms with van der Waals surface area (Å²) in [7, 11) is 2.56. The predicted octanol–water partition coefficient (Wildman–Crippen LogP) is 4.06. The minimum absolute atomic E-state index is 0.589. The maximum absolute atomic E-state index is 14.7. The van der Waals surface area contributed by atoms with Gasteiger partial charge in [-0.25, -0.2) is 0 Å². The second-order valence-corrected chi connectivity index (χ2v) is 6.58. The van der Waals surface area contributed by atoms with E-state index in [0.717, 1.165) is 9.80 Å². The van der Waals surface area contributed by atoms with Gasteiger partial charge in [-0.1, -0.05) is 60.7 Å². The fourth-order valence-electron chi connectivity index (χ4n) is 2.80. The van der Waals surface area contributed by atoms with Crippen LogP contribution >= 0.6 is 0 Å². The molecule has 4 nitrogen and oxygen atoms in total. The van der Waals surface area contributed by atoms with Crippen LogP contribution in [0.4, 0.5) is 8.78 Å². The van der Waals surface area contributed by atoms with Crippen LogP contribution in [0.3, 0.4) is 0 Å². The van der Waals surface area contributed by atoms with E-state index in [1.165, 1.54) is 14.1 Å². The SMILES string of the molecule is CC(c1ccccc1)N(C)C(=O)C(F)(F)C(=O)N(C)C(C)c1ccccc1. The van der Waals surface area contributed by atoms with E-state index in [9.17, 15) is 18.4 Å². The van der Waals surface area contributed by atoms with Gasteiger partial charge in [0, 0.05) is 14.1 Å². The molecule has 0 aliphatic heterocycles. The standard InChI is InChI=1S/C21H24F2N2O2/c1-15(17-11-7-5-8-12-17)24(3)19(26)21(22,23)20(27)25(4)16(2)18-13-9-6-10-14-18/h5-16H,1-4H3. The van der Waals surface area contributed by atoms with Gasteiger partial charge in [-0.15, -0.1) is 0 Å². The number of hydrogen-bond acceptors (Lipinski definition) is 2. The molecule has 6 heteroatoms. The highest BCUT2D eigenvalue weighted by atomic mass is 19.3. The summed E-state index contributed by atoms with van der Waals surface area (Å²) >= 11 is 0. The Kier molecular flexibility index (Phi) is 6.31. The molecule has 0 bridgehead atoms. The number of carbonyl (C=O) groups excluding carboxylic acids is 2. The summed E-state index contributed by atoms with van der Waals surface area (Å²) in [6.07, 6.45) is 0. The van der Waals surface area contributed by atoms with Crippen LogP contribution in [0, 0.1) is 0 Å². The van der Waals surface area contributed by atoms with Crippen LogP contribution in [0.25, 0.3) is 0 Å². The fourth-order valence-corrected chi connectivity index (χ4v) is 2.80. The van der Waals surface area contributed by atoms with Crippen LogP contribution in [0.5, 0.6) is 0 Å². The molecule has 0 spiro atoms. The minimum atomic E-state index is -4.14. The smallest absolute Gasteiger partial charge is 0.333 e. The summed E-state index contributed by atoms with van der Waals surface area (Å²) in [5, 5.41) is 0. The molecule has 2 rings (SSSR count). The first-order valence-electron chi connectivity index (χ1n) is 8.70. The lowest BCUT2D eigenvalue weighted by molar-refractivity contribution is -0.174. The highest BCUT2D eigenvalue weighted by Crippen LogP contribution is 2.29. The lowest BCUT2D eigenvalue weighted by atomic mass is 10.1. The summed E-state index contributed by atoms with van der Waals surface area (Å²) in [6, 6.07) is 16.5. The van der Waals surface area contributed by atoms with Gasteiger partial charge in [-0.05, 0) is 25.0 Å². The van der Waals surface area contributed by atoms with E-state index < -0.39 is 29.8 Å². The molecular formula is C21H24F2N2O2. The van der Waals surface area contributed by atoms with E-state index in [-0.39, 0.29) is 0 Å². The topological polar surface area (TPSA) is 40.6 Å². The molecule has 2 atom stereocenters. The number of amides is 2. The Balaban J connectivity index is 2.17. The monoisotopic (exact) mass is 374 g/mol. The summed E-state index contributed by atoms with van der Waals surface area (Å²) in [5.74, 6) is -7.18. The molecule has 0 saturated carbocycles. The van der Waals surface area contributed by atoms with Crippen LogP contribution < -0.4 is 0 Å². The van der Waals surface area contributed by atoms with Gasteiger partial charge < -0.3 is 9.80 Å². The third-order valence-electron chi connectivity index (χ3n) is 4.90. The Hall–Kier alpha value is -2.76. The second-order valence-electron chi connectivity index (χ2n) is 6.58. The van der Waals surface area contributed by atoms with Crippen molar-refractivity contribution < 1.29 is 18.4 Å². The number of rotatable bonds is 6. The predicted molar refractivity (Wildman–Crippen MR) is 100 cm³/mol. The molecule has 0 saturated heterocycles. The molecule has 27 heavy (non-hydrogen) atoms. The summed E-state index contributed by atoms with van der Waals surface area (Å²) in [5.41, 5.74) is 1.42. The molecule has 0 N–H and O–H groups in total. The molecule has 0 aliphatic carbocycles. The van der Waals surface area contributed by atoms with Crippen LogP contribution in [0.1, 0.15) is 37.1 Å². The normalized spacial score (nSPS) is 13.6. The second kappa shape index (κ2) is 8.29. The molecule has 0 aliphatic rings. The zero-order valence-corrected chi connectivity index (χ0v) is 15.9. The van der Waals surface area contributed by atoms with Gasteiger partial charge in [0.25, 0.3) is 0 Å². The van der Waals surface area contributed by atoms with Crippen molar-refractivity contribution in [3.05, 3.63) is 71.8 Å². The average molecular weight is 374 g/mol. The lowest BCUT2D eigenvalue weighted by Gasteiger charge is -2.32. The molecule has 0 radical (unpaired) electrons. The van der Waals surface area contributed by atoms with Gasteiger partial charge in [-0.3, -0.25) is 9.59 Å². The number of nitrogens with zero attached hydrogens (tertiary/aromatic N) is 2. The Morgan fingerprint density at radius 1 is 0.741 bits per heavy atom. The van der Waals surface area contributed by atoms with Crippen molar-refractivity contribution in [2.45, 2.75) is 31.9 Å². The van der Waals surface area contributed by atoms with Gasteiger partial charge in [-0.2, -0.15) is 8.78 Å². The van der Waals surface area contributed by atoms with Crippen LogP contribution in [-0.2, 0) is 9.59 Å². The molecule has 2 unspecified atom stereocenters. The lowest BCUT2D eigenvalue weighted by Crippen LogP contribution is -2.52. The number of benzene rings is 2. The number of hydrogen-bond donors (Lipinski definition) is 0. The van der Waals surface area contributed by atoms with E-state index in [0.29, 0.717) is 11.1 Å². The summed E-state index contributed by atoms with van der Waals surface area (Å²) in [6.45, 7) is 3.29. The maximum atomic E-state index is 14.7. The van der Waals surface area contributed by atoms with Gasteiger partial charge in [0.15, 0.2) is 0 Å². The van der Waals surface area contributed by atoms with Gasteiger partial charge in [0.05, 0.1) is 12.1 Å². The highest BCUT2D eigenvalue weighted by Gasteiger charge is 2.52. The average Bonchev–Trinajstić information content (AvgIpc) is 2.71. The summed E-state index contributed by atoms with van der Waals surface area (Å²) < 4.78 is 29.4. The van der Waals surface area contributed by atoms with E-state index in [2.05, 4.69) is 0 Å². The number of alkyl halides is 2. The Morgan fingerprint density at radius 2 is 1.04 bits per heavy atom. The van der Waals surface area contributed by atoms with Gasteiger partial charge >= 0.3 is 17.7 Å². The molecule has 0 heterocycles. The van der Waals surface area contributed by atoms with E-state index in [1.54, 1.807) is 74.5 Å². The Morgan fingerprint density at radius 3 is 1.33 bits per heavy atom.